The van der Waals surface area contributed by atoms with Crippen molar-refractivity contribution in [3.8, 4) is 0 Å². The predicted octanol–water partition coefficient (Wildman–Crippen LogP) is 2.82. The van der Waals surface area contributed by atoms with Crippen LogP contribution in [0.1, 0.15) is 32.6 Å². The summed E-state index contributed by atoms with van der Waals surface area (Å²) in [7, 11) is 0. The van der Waals surface area contributed by atoms with E-state index < -0.39 is 0 Å². The normalized spacial score (nSPS) is 6.00. The molecule has 0 amide bonds. The van der Waals surface area contributed by atoms with Gasteiger partial charge in [0.2, 0.25) is 0 Å². The van der Waals surface area contributed by atoms with Gasteiger partial charge in [-0.05, 0) is 6.42 Å². The van der Waals surface area contributed by atoms with E-state index in [2.05, 4.69) is 6.92 Å². The van der Waals surface area contributed by atoms with E-state index in [-0.39, 0.29) is 58.9 Å². The van der Waals surface area contributed by atoms with Gasteiger partial charge in [0.25, 0.3) is 0 Å². The van der Waals surface area contributed by atoms with Gasteiger partial charge in [-0.15, -0.1) is 37.2 Å². The molecule has 5 heteroatoms. The number of halogens is 3. The molecule has 0 saturated heterocycles. The standard InChI is InChI=1S/C6H14O.3ClH.Ti/c1-2-3-4-5-6-7;;;;/h7H,2-6H2,1H3;3*1H;. The topological polar surface area (TPSA) is 20.2 Å². The molecule has 0 rings (SSSR count). The van der Waals surface area contributed by atoms with Crippen LogP contribution >= 0.6 is 37.2 Å². The predicted molar refractivity (Wildman–Crippen MR) is 53.0 cm³/mol. The monoisotopic (exact) mass is 258 g/mol. The number of rotatable bonds is 4. The molecule has 0 bridgehead atoms. The minimum Gasteiger partial charge on any atom is -0.396 e. The Morgan fingerprint density at radius 1 is 0.909 bits per heavy atom. The van der Waals surface area contributed by atoms with Gasteiger partial charge in [-0.1, -0.05) is 26.2 Å². The summed E-state index contributed by atoms with van der Waals surface area (Å²) < 4.78 is 0. The van der Waals surface area contributed by atoms with Crippen molar-refractivity contribution in [2.45, 2.75) is 32.6 Å². The van der Waals surface area contributed by atoms with E-state index in [4.69, 9.17) is 5.11 Å². The molecule has 0 aliphatic rings. The van der Waals surface area contributed by atoms with Crippen molar-refractivity contribution in [2.75, 3.05) is 6.61 Å². The molecule has 11 heavy (non-hydrogen) atoms. The molecule has 0 heterocycles. The zero-order valence-corrected chi connectivity index (χ0v) is 10.7. The second-order valence-electron chi connectivity index (χ2n) is 1.78. The molecule has 0 aliphatic carbocycles. The summed E-state index contributed by atoms with van der Waals surface area (Å²) in [5.74, 6) is 0. The summed E-state index contributed by atoms with van der Waals surface area (Å²) in [6, 6.07) is 0. The Kier molecular flexibility index (Phi) is 80.0. The molecule has 0 spiro atoms. The van der Waals surface area contributed by atoms with Gasteiger partial charge < -0.3 is 5.11 Å². The van der Waals surface area contributed by atoms with E-state index >= 15 is 0 Å². The third-order valence-corrected chi connectivity index (χ3v) is 1.01. The fraction of sp³-hybridized carbons (Fsp3) is 1.00. The van der Waals surface area contributed by atoms with E-state index in [1.165, 1.54) is 19.3 Å². The molecule has 0 unspecified atom stereocenters. The van der Waals surface area contributed by atoms with Gasteiger partial charge in [0.15, 0.2) is 0 Å². The van der Waals surface area contributed by atoms with Crippen LogP contribution in [0.15, 0.2) is 0 Å². The minimum absolute atomic E-state index is 0. The second kappa shape index (κ2) is 30.0. The zero-order valence-electron chi connectivity index (χ0n) is 6.71. The molecule has 72 valence electrons. The Bertz CT molecular complexity index is 37.0. The van der Waals surface area contributed by atoms with E-state index in [9.17, 15) is 0 Å². The van der Waals surface area contributed by atoms with Crippen molar-refractivity contribution in [1.29, 1.82) is 0 Å². The third kappa shape index (κ3) is 34.2. The average molecular weight is 259 g/mol. The van der Waals surface area contributed by atoms with Crippen LogP contribution in [0.3, 0.4) is 0 Å². The largest absolute Gasteiger partial charge is 0.396 e. The van der Waals surface area contributed by atoms with Gasteiger partial charge in [-0.3, -0.25) is 0 Å². The van der Waals surface area contributed by atoms with Crippen molar-refractivity contribution < 1.29 is 26.8 Å². The third-order valence-electron chi connectivity index (χ3n) is 1.01. The molecule has 0 atom stereocenters. The van der Waals surface area contributed by atoms with Crippen molar-refractivity contribution >= 4 is 37.2 Å². The first-order valence-electron chi connectivity index (χ1n) is 3.02. The summed E-state index contributed by atoms with van der Waals surface area (Å²) in [4.78, 5) is 0. The van der Waals surface area contributed by atoms with Gasteiger partial charge in [-0.2, -0.15) is 0 Å². The molecule has 0 radical (unpaired) electrons. The summed E-state index contributed by atoms with van der Waals surface area (Å²) in [6.45, 7) is 2.53. The van der Waals surface area contributed by atoms with E-state index in [1.54, 1.807) is 0 Å². The van der Waals surface area contributed by atoms with E-state index in [0.29, 0.717) is 6.61 Å². The minimum atomic E-state index is 0. The van der Waals surface area contributed by atoms with Gasteiger partial charge >= 0.3 is 0 Å². The first-order chi connectivity index (χ1) is 3.41. The van der Waals surface area contributed by atoms with Crippen LogP contribution in [0.25, 0.3) is 0 Å². The van der Waals surface area contributed by atoms with E-state index in [0.717, 1.165) is 6.42 Å². The van der Waals surface area contributed by atoms with Crippen LogP contribution in [-0.4, -0.2) is 11.7 Å². The molecular formula is C6H17Cl3OTi. The maximum atomic E-state index is 8.29. The summed E-state index contributed by atoms with van der Waals surface area (Å²) in [5.41, 5.74) is 0. The van der Waals surface area contributed by atoms with Crippen molar-refractivity contribution in [3.05, 3.63) is 0 Å². The molecular weight excluding hydrogens is 242 g/mol. The van der Waals surface area contributed by atoms with Gasteiger partial charge in [0.05, 0.1) is 0 Å². The Balaban J connectivity index is -0.0000000300. The Morgan fingerprint density at radius 3 is 1.64 bits per heavy atom. The molecule has 0 aliphatic heterocycles. The number of aliphatic hydroxyl groups is 1. The fourth-order valence-corrected chi connectivity index (χ4v) is 0.539. The van der Waals surface area contributed by atoms with Crippen LogP contribution in [0.2, 0.25) is 0 Å². The summed E-state index contributed by atoms with van der Waals surface area (Å²) in [6.07, 6.45) is 4.68. The van der Waals surface area contributed by atoms with Crippen molar-refractivity contribution in [2.24, 2.45) is 0 Å². The van der Waals surface area contributed by atoms with Crippen LogP contribution < -0.4 is 0 Å². The molecule has 0 aromatic carbocycles. The number of aliphatic hydroxyl groups excluding tert-OH is 1. The molecule has 0 aromatic rings. The molecule has 0 saturated carbocycles. The maximum absolute atomic E-state index is 8.29. The molecule has 0 fully saturated rings. The summed E-state index contributed by atoms with van der Waals surface area (Å²) in [5, 5.41) is 8.29. The van der Waals surface area contributed by atoms with Crippen molar-refractivity contribution in [3.63, 3.8) is 0 Å². The number of hydrogen-bond donors (Lipinski definition) is 1. The average Bonchev–Trinajstić information content (AvgIpc) is 1.69. The quantitative estimate of drug-likeness (QED) is 0.608. The first kappa shape index (κ1) is 29.4. The SMILES string of the molecule is CCCCCCO.Cl.Cl.Cl.[Ti]. The van der Waals surface area contributed by atoms with Crippen LogP contribution in [0, 0.1) is 0 Å². The number of unbranched alkanes of at least 4 members (excludes halogenated alkanes) is 3. The van der Waals surface area contributed by atoms with Gasteiger partial charge in [-0.25, -0.2) is 0 Å². The molecule has 0 aromatic heterocycles. The van der Waals surface area contributed by atoms with Gasteiger partial charge in [0.1, 0.15) is 0 Å². The smallest absolute Gasteiger partial charge is 0.0431 e. The second-order valence-corrected chi connectivity index (χ2v) is 1.78. The van der Waals surface area contributed by atoms with Crippen LogP contribution in [0.5, 0.6) is 0 Å². The fourth-order valence-electron chi connectivity index (χ4n) is 0.539. The Labute approximate surface area is 103 Å². The zero-order chi connectivity index (χ0) is 5.54. The van der Waals surface area contributed by atoms with Crippen LogP contribution in [-0.2, 0) is 21.7 Å². The maximum Gasteiger partial charge on any atom is 0.0431 e. The van der Waals surface area contributed by atoms with Crippen LogP contribution in [0.4, 0.5) is 0 Å². The molecule has 1 N–H and O–H groups in total. The number of hydrogen-bond acceptors (Lipinski definition) is 1. The Morgan fingerprint density at radius 2 is 1.36 bits per heavy atom. The van der Waals surface area contributed by atoms with E-state index in [1.807, 2.05) is 0 Å². The van der Waals surface area contributed by atoms with Crippen molar-refractivity contribution in [1.82, 2.24) is 0 Å². The first-order valence-corrected chi connectivity index (χ1v) is 3.02. The molecule has 1 nitrogen and oxygen atoms in total. The summed E-state index contributed by atoms with van der Waals surface area (Å²) >= 11 is 0. The van der Waals surface area contributed by atoms with Gasteiger partial charge in [0, 0.05) is 28.3 Å². The Hall–Kier alpha value is 1.54.